The second-order valence-electron chi connectivity index (χ2n) is 23.9. The van der Waals surface area contributed by atoms with Gasteiger partial charge in [0.25, 0.3) is 0 Å². The predicted octanol–water partition coefficient (Wildman–Crippen LogP) is 14.6. The van der Waals surface area contributed by atoms with E-state index >= 15 is 0 Å². The maximum atomic E-state index is 7.25. The van der Waals surface area contributed by atoms with E-state index in [1.807, 2.05) is 0 Å². The van der Waals surface area contributed by atoms with Crippen LogP contribution in [0.4, 0.5) is 0 Å². The molecule has 0 aliphatic heterocycles. The third-order valence-electron chi connectivity index (χ3n) is 16.1. The van der Waals surface area contributed by atoms with Crippen LogP contribution in [0.1, 0.15) is 66.8 Å². The van der Waals surface area contributed by atoms with Crippen LogP contribution in [0.5, 0.6) is 0 Å². The van der Waals surface area contributed by atoms with E-state index in [-0.39, 0.29) is 34.1 Å². The SMILES string of the molecule is Cc1ccc([PH+](c2ccc(C)cc2)c2ccc(C)cc2)cc1.Cc1ccc([PH+](c2ccc(C)cc2)c2ccc(C)cc2)cc1.Cc1ccc([PH+](c2ccc(C)cc2)c2ccc(C)cc2)cc1.Cc1ccc([PH+](c2ccc(C)cc2)c2ccc(C)cc2)cc1.[Fe].[Fe].[N]=O.[N]=O.[N]=O.[N]=O. The molecule has 12 aromatic carbocycles. The van der Waals surface area contributed by atoms with Crippen LogP contribution in [0.3, 0.4) is 0 Å². The summed E-state index contributed by atoms with van der Waals surface area (Å²) < 4.78 is 0. The average Bonchev–Trinajstić information content (AvgIpc) is 0.837. The molecule has 0 N–H and O–H groups in total. The van der Waals surface area contributed by atoms with Crippen molar-refractivity contribution in [2.24, 2.45) is 0 Å². The van der Waals surface area contributed by atoms with Crippen LogP contribution in [0.25, 0.3) is 0 Å². The Hall–Kier alpha value is -8.20. The van der Waals surface area contributed by atoms with E-state index in [9.17, 15) is 0 Å². The van der Waals surface area contributed by atoms with Crippen LogP contribution < -0.4 is 86.0 Å². The topological polar surface area (TPSA) is 157 Å². The normalized spacial score (nSPS) is 9.96. The Bertz CT molecular complexity index is 3190. The first-order chi connectivity index (χ1) is 46.5. The number of nitroso groups, excluding NO2 is 4. The van der Waals surface area contributed by atoms with Crippen molar-refractivity contribution in [1.82, 2.24) is 22.4 Å². The van der Waals surface area contributed by atoms with Crippen molar-refractivity contribution >= 4 is 95.3 Å². The summed E-state index contributed by atoms with van der Waals surface area (Å²) in [5.41, 5.74) is 38.8. The fourth-order valence-electron chi connectivity index (χ4n) is 10.6. The molecule has 0 saturated heterocycles. The maximum absolute atomic E-state index is 7.25. The summed E-state index contributed by atoms with van der Waals surface area (Å²) in [7, 11) is -3.71. The van der Waals surface area contributed by atoms with Gasteiger partial charge in [0.05, 0.1) is 31.7 Å². The molecule has 0 saturated carbocycles. The summed E-state index contributed by atoms with van der Waals surface area (Å²) in [6.07, 6.45) is 0. The molecule has 0 aromatic heterocycles. The molecule has 98 heavy (non-hydrogen) atoms. The molecule has 14 heteroatoms. The van der Waals surface area contributed by atoms with Gasteiger partial charge >= 0.3 is 0 Å². The van der Waals surface area contributed by atoms with E-state index in [1.54, 1.807) is 0 Å². The van der Waals surface area contributed by atoms with Gasteiger partial charge in [-0.25, -0.2) is 0 Å². The minimum atomic E-state index is -0.927. The molecule has 500 valence electrons. The monoisotopic (exact) mass is 1450 g/mol. The quantitative estimate of drug-likeness (QED) is 0.0881. The third kappa shape index (κ3) is 25.9. The molecule has 0 spiro atoms. The Balaban J connectivity index is 0.000000326. The van der Waals surface area contributed by atoms with Crippen molar-refractivity contribution in [3.05, 3.63) is 378 Å². The molecule has 0 bridgehead atoms. The molecule has 0 unspecified atom stereocenters. The average molecular weight is 1450 g/mol. The summed E-state index contributed by atoms with van der Waals surface area (Å²) in [5, 5.41) is 17.4. The smallest absolute Gasteiger partial charge is 0.120 e. The summed E-state index contributed by atoms with van der Waals surface area (Å²) in [5.74, 6) is 0. The standard InChI is InChI=1S/4C21H21P.2Fe.4NO/c4*1-16-4-10-19(11-5-16)22(20-12-6-17(2)7-13-20)21-14-8-18(3)9-15-21;;;4*1-2/h4*4-15H,1-3H3;;;;;;/p+4. The first kappa shape index (κ1) is 84.0. The van der Waals surface area contributed by atoms with E-state index in [0.29, 0.717) is 0 Å². The fourth-order valence-corrected chi connectivity index (χ4v) is 20.6. The number of rotatable bonds is 12. The first-order valence-electron chi connectivity index (χ1n) is 31.6. The minimum Gasteiger partial charge on any atom is -0.120 e. The zero-order chi connectivity index (χ0) is 70.1. The minimum absolute atomic E-state index is 0. The summed E-state index contributed by atoms with van der Waals surface area (Å²) in [6, 6.07) is 108. The molecule has 0 fully saturated rings. The Morgan fingerprint density at radius 1 is 0.133 bits per heavy atom. The van der Waals surface area contributed by atoms with Crippen LogP contribution in [-0.2, 0) is 34.1 Å². The van der Waals surface area contributed by atoms with Gasteiger partial charge in [-0.05, 0) is 229 Å². The Labute approximate surface area is 608 Å². The van der Waals surface area contributed by atoms with Crippen LogP contribution >= 0.6 is 31.7 Å². The molecule has 0 atom stereocenters. The third-order valence-corrected chi connectivity index (χ3v) is 27.0. The van der Waals surface area contributed by atoms with Gasteiger partial charge in [0.15, 0.2) is 0 Å². The predicted molar refractivity (Wildman–Crippen MR) is 425 cm³/mol. The van der Waals surface area contributed by atoms with Crippen LogP contribution in [-0.4, -0.2) is 0 Å². The van der Waals surface area contributed by atoms with Crippen LogP contribution in [0.15, 0.2) is 291 Å². The van der Waals surface area contributed by atoms with Gasteiger partial charge in [0, 0.05) is 34.1 Å². The number of hydrogen-bond donors (Lipinski definition) is 0. The van der Waals surface area contributed by atoms with Crippen molar-refractivity contribution in [2.75, 3.05) is 0 Å². The molecule has 12 rings (SSSR count). The van der Waals surface area contributed by atoms with E-state index in [0.717, 1.165) is 0 Å². The summed E-state index contributed by atoms with van der Waals surface area (Å²) in [6.45, 7) is 25.8. The maximum Gasteiger partial charge on any atom is 0.120 e. The molecule has 4 radical (unpaired) electrons. The number of hydrogen-bond acceptors (Lipinski definition) is 4. The number of benzene rings is 12. The van der Waals surface area contributed by atoms with Crippen molar-refractivity contribution < 1.29 is 34.1 Å². The second kappa shape index (κ2) is 44.7. The van der Waals surface area contributed by atoms with Gasteiger partial charge in [-0.15, -0.1) is 19.6 Å². The van der Waals surface area contributed by atoms with Gasteiger partial charge < -0.3 is 0 Å². The van der Waals surface area contributed by atoms with E-state index in [2.05, 4.69) is 374 Å². The molecule has 12 aromatic rings. The molecule has 0 amide bonds. The second-order valence-corrected chi connectivity index (χ2v) is 33.8. The van der Waals surface area contributed by atoms with Gasteiger partial charge in [0.2, 0.25) is 0 Å². The number of nitrogens with zero attached hydrogens (tertiary/aromatic N) is 4. The molecular formula is C84H88Fe2N4O4P4+4. The van der Waals surface area contributed by atoms with E-state index in [4.69, 9.17) is 42.0 Å². The molecule has 0 aliphatic rings. The van der Waals surface area contributed by atoms with Crippen molar-refractivity contribution in [3.63, 3.8) is 0 Å². The van der Waals surface area contributed by atoms with Gasteiger partial charge in [-0.3, -0.25) is 0 Å². The van der Waals surface area contributed by atoms with E-state index in [1.165, 1.54) is 130 Å². The molecule has 0 heterocycles. The zero-order valence-corrected chi connectivity index (χ0v) is 64.1. The first-order valence-corrected chi connectivity index (χ1v) is 37.6. The summed E-state index contributed by atoms with van der Waals surface area (Å²) in [4.78, 5) is 29.0. The Kier molecular flexibility index (Phi) is 38.3. The van der Waals surface area contributed by atoms with E-state index < -0.39 is 31.7 Å². The molecular weight excluding hydrogens is 1360 g/mol. The van der Waals surface area contributed by atoms with Crippen molar-refractivity contribution in [3.8, 4) is 0 Å². The molecule has 0 aliphatic carbocycles. The molecule has 8 nitrogen and oxygen atoms in total. The Morgan fingerprint density at radius 3 is 0.235 bits per heavy atom. The van der Waals surface area contributed by atoms with Crippen LogP contribution in [0, 0.1) is 103 Å². The fraction of sp³-hybridized carbons (Fsp3) is 0.143. The number of aryl methyl sites for hydroxylation is 12. The van der Waals surface area contributed by atoms with Crippen LogP contribution in [0.2, 0.25) is 0 Å². The van der Waals surface area contributed by atoms with Crippen molar-refractivity contribution in [2.45, 2.75) is 83.1 Å². The van der Waals surface area contributed by atoms with Gasteiger partial charge in [0.1, 0.15) is 86.0 Å². The van der Waals surface area contributed by atoms with Crippen molar-refractivity contribution in [1.29, 1.82) is 0 Å². The summed E-state index contributed by atoms with van der Waals surface area (Å²) >= 11 is 0. The van der Waals surface area contributed by atoms with Gasteiger partial charge in [-0.2, -0.15) is 0 Å². The zero-order valence-electron chi connectivity index (χ0n) is 57.8. The largest absolute Gasteiger partial charge is 0.120 e. The Morgan fingerprint density at radius 2 is 0.184 bits per heavy atom. The van der Waals surface area contributed by atoms with Gasteiger partial charge in [-0.1, -0.05) is 212 Å².